The highest BCUT2D eigenvalue weighted by Gasteiger charge is 2.23. The lowest BCUT2D eigenvalue weighted by Gasteiger charge is -2.31. The molecule has 29 heavy (non-hydrogen) atoms. The van der Waals surface area contributed by atoms with Crippen LogP contribution in [0.1, 0.15) is 37.8 Å². The maximum absolute atomic E-state index is 11.7. The third kappa shape index (κ3) is 6.01. The molecule has 1 aromatic heterocycles. The van der Waals surface area contributed by atoms with Gasteiger partial charge >= 0.3 is 6.09 Å². The Morgan fingerprint density at radius 2 is 2.07 bits per heavy atom. The molecule has 0 aliphatic carbocycles. The van der Waals surface area contributed by atoms with Crippen LogP contribution >= 0.6 is 24.0 Å². The maximum Gasteiger partial charge on any atom is 0.409 e. The molecule has 1 amide bonds. The van der Waals surface area contributed by atoms with E-state index in [1.807, 2.05) is 6.92 Å². The van der Waals surface area contributed by atoms with Crippen molar-refractivity contribution in [1.29, 1.82) is 0 Å². The largest absolute Gasteiger partial charge is 0.450 e. The third-order valence-electron chi connectivity index (χ3n) is 5.30. The van der Waals surface area contributed by atoms with Gasteiger partial charge in [-0.2, -0.15) is 0 Å². The molecule has 0 saturated carbocycles. The van der Waals surface area contributed by atoms with E-state index in [1.54, 1.807) is 4.90 Å². The van der Waals surface area contributed by atoms with Crippen LogP contribution < -0.4 is 11.1 Å². The van der Waals surface area contributed by atoms with E-state index in [4.69, 9.17) is 10.5 Å². The van der Waals surface area contributed by atoms with E-state index >= 15 is 0 Å². The fourth-order valence-electron chi connectivity index (χ4n) is 3.75. The minimum Gasteiger partial charge on any atom is -0.450 e. The number of amides is 1. The van der Waals surface area contributed by atoms with Crippen molar-refractivity contribution in [2.24, 2.45) is 10.7 Å². The summed E-state index contributed by atoms with van der Waals surface area (Å²) in [6, 6.07) is 6.67. The van der Waals surface area contributed by atoms with Crippen LogP contribution in [-0.2, 0) is 17.6 Å². The van der Waals surface area contributed by atoms with Crippen molar-refractivity contribution in [2.45, 2.75) is 45.6 Å². The number of piperidine rings is 1. The molecular formula is C21H32IN5O2. The summed E-state index contributed by atoms with van der Waals surface area (Å²) in [4.78, 5) is 21.4. The number of carbonyl (C=O) groups excluding carboxylic acids is 1. The number of nitrogens with zero attached hydrogens (tertiary/aromatic N) is 2. The van der Waals surface area contributed by atoms with Crippen LogP contribution in [0.5, 0.6) is 0 Å². The number of rotatable bonds is 6. The number of hydrogen-bond acceptors (Lipinski definition) is 3. The number of aromatic amines is 1. The lowest BCUT2D eigenvalue weighted by molar-refractivity contribution is 0.0963. The number of aliphatic imine (C=N–C) groups is 1. The molecule has 1 aliphatic heterocycles. The molecule has 8 heteroatoms. The number of hydrogen-bond donors (Lipinski definition) is 3. The quantitative estimate of drug-likeness (QED) is 0.314. The number of likely N-dealkylation sites (tertiary alicyclic amines) is 1. The van der Waals surface area contributed by atoms with Crippen LogP contribution in [0.4, 0.5) is 4.79 Å². The van der Waals surface area contributed by atoms with E-state index in [0.717, 1.165) is 25.7 Å². The molecule has 0 spiro atoms. The Morgan fingerprint density at radius 3 is 2.76 bits per heavy atom. The van der Waals surface area contributed by atoms with Crippen LogP contribution in [0.2, 0.25) is 0 Å². The van der Waals surface area contributed by atoms with Crippen LogP contribution in [0, 0.1) is 0 Å². The Morgan fingerprint density at radius 1 is 1.31 bits per heavy atom. The van der Waals surface area contributed by atoms with Gasteiger partial charge in [-0.3, -0.25) is 4.99 Å². The first kappa shape index (κ1) is 23.3. The van der Waals surface area contributed by atoms with Crippen molar-refractivity contribution in [3.63, 3.8) is 0 Å². The van der Waals surface area contributed by atoms with Crippen molar-refractivity contribution < 1.29 is 9.53 Å². The van der Waals surface area contributed by atoms with Gasteiger partial charge in [0, 0.05) is 42.8 Å². The van der Waals surface area contributed by atoms with Crippen molar-refractivity contribution in [1.82, 2.24) is 15.2 Å². The molecule has 4 N–H and O–H groups in total. The second-order valence-electron chi connectivity index (χ2n) is 7.13. The fraction of sp³-hybridized carbons (Fsp3) is 0.524. The van der Waals surface area contributed by atoms with Crippen LogP contribution in [-0.4, -0.2) is 54.2 Å². The normalized spacial score (nSPS) is 15.2. The zero-order valence-corrected chi connectivity index (χ0v) is 19.6. The first-order valence-electron chi connectivity index (χ1n) is 10.2. The highest BCUT2D eigenvalue weighted by Crippen LogP contribution is 2.22. The summed E-state index contributed by atoms with van der Waals surface area (Å²) in [6.45, 7) is 6.40. The van der Waals surface area contributed by atoms with Crippen LogP contribution in [0.25, 0.3) is 10.9 Å². The van der Waals surface area contributed by atoms with Gasteiger partial charge in [0.2, 0.25) is 0 Å². The predicted octanol–water partition coefficient (Wildman–Crippen LogP) is 3.42. The molecule has 2 aromatic rings. The molecule has 0 atom stereocenters. The van der Waals surface area contributed by atoms with E-state index in [-0.39, 0.29) is 36.1 Å². The second-order valence-corrected chi connectivity index (χ2v) is 7.13. The molecule has 1 aliphatic rings. The van der Waals surface area contributed by atoms with Gasteiger partial charge in [0.05, 0.1) is 6.61 Å². The number of benzene rings is 1. The number of nitrogens with one attached hydrogen (secondary N) is 2. The minimum absolute atomic E-state index is 0. The number of nitrogens with two attached hydrogens (primary N) is 1. The smallest absolute Gasteiger partial charge is 0.409 e. The van der Waals surface area contributed by atoms with Crippen LogP contribution in [0.3, 0.4) is 0 Å². The Labute approximate surface area is 189 Å². The van der Waals surface area contributed by atoms with Gasteiger partial charge in [-0.25, -0.2) is 4.79 Å². The number of guanidine groups is 1. The summed E-state index contributed by atoms with van der Waals surface area (Å²) >= 11 is 0. The van der Waals surface area contributed by atoms with Gasteiger partial charge in [-0.05, 0) is 43.7 Å². The van der Waals surface area contributed by atoms with Crippen LogP contribution in [0.15, 0.2) is 29.4 Å². The summed E-state index contributed by atoms with van der Waals surface area (Å²) in [7, 11) is 0. The van der Waals surface area contributed by atoms with E-state index in [0.29, 0.717) is 32.2 Å². The molecule has 1 saturated heterocycles. The second kappa shape index (κ2) is 11.3. The first-order chi connectivity index (χ1) is 13.6. The van der Waals surface area contributed by atoms with Gasteiger partial charge in [-0.1, -0.05) is 25.1 Å². The summed E-state index contributed by atoms with van der Waals surface area (Å²) in [6.07, 6.45) is 5.40. The average molecular weight is 513 g/mol. The number of aromatic nitrogens is 1. The monoisotopic (exact) mass is 513 g/mol. The fourth-order valence-corrected chi connectivity index (χ4v) is 3.75. The number of para-hydroxylation sites is 1. The number of halogens is 1. The number of fused-ring (bicyclic) bond motifs is 1. The van der Waals surface area contributed by atoms with Gasteiger partial charge in [0.1, 0.15) is 0 Å². The van der Waals surface area contributed by atoms with Crippen molar-refractivity contribution in [2.75, 3.05) is 26.2 Å². The van der Waals surface area contributed by atoms with Crippen molar-refractivity contribution in [3.8, 4) is 0 Å². The molecular weight excluding hydrogens is 481 g/mol. The highest BCUT2D eigenvalue weighted by atomic mass is 127. The number of aryl methyl sites for hydroxylation is 1. The molecule has 7 nitrogen and oxygen atoms in total. The van der Waals surface area contributed by atoms with E-state index in [9.17, 15) is 4.79 Å². The van der Waals surface area contributed by atoms with E-state index < -0.39 is 0 Å². The maximum atomic E-state index is 11.7. The first-order valence-corrected chi connectivity index (χ1v) is 10.2. The zero-order valence-electron chi connectivity index (χ0n) is 17.2. The lowest BCUT2D eigenvalue weighted by atomic mass is 10.1. The Hall–Kier alpha value is -1.97. The standard InChI is InChI=1S/C21H31N5O2.HI/c1-3-15-6-5-7-18-16(14-24-19(15)18)8-11-23-20(22)25-17-9-12-26(13-10-17)21(27)28-4-2;/h5-7,14,17,24H,3-4,8-13H2,1-2H3,(H3,22,23,25);1H. The zero-order chi connectivity index (χ0) is 19.9. The lowest BCUT2D eigenvalue weighted by Crippen LogP contribution is -2.48. The summed E-state index contributed by atoms with van der Waals surface area (Å²) in [5, 5.41) is 4.56. The SMILES string of the molecule is CCOC(=O)N1CCC(NC(N)=NCCc2c[nH]c3c(CC)cccc23)CC1.I. The molecule has 0 unspecified atom stereocenters. The highest BCUT2D eigenvalue weighted by molar-refractivity contribution is 14.0. The topological polar surface area (TPSA) is 95.7 Å². The molecule has 160 valence electrons. The number of H-pyrrole nitrogens is 1. The predicted molar refractivity (Wildman–Crippen MR) is 128 cm³/mol. The molecule has 2 heterocycles. The molecule has 1 fully saturated rings. The Bertz CT molecular complexity index is 828. The van der Waals surface area contributed by atoms with Crippen molar-refractivity contribution in [3.05, 3.63) is 35.5 Å². The van der Waals surface area contributed by atoms with Gasteiger partial charge < -0.3 is 25.7 Å². The Balaban J connectivity index is 0.00000300. The van der Waals surface area contributed by atoms with Gasteiger partial charge in [-0.15, -0.1) is 24.0 Å². The Kier molecular flexibility index (Phi) is 9.06. The van der Waals surface area contributed by atoms with Gasteiger partial charge in [0.25, 0.3) is 0 Å². The molecule has 0 radical (unpaired) electrons. The summed E-state index contributed by atoms with van der Waals surface area (Å²) < 4.78 is 5.05. The summed E-state index contributed by atoms with van der Waals surface area (Å²) in [5.74, 6) is 0.476. The molecule has 3 rings (SSSR count). The van der Waals surface area contributed by atoms with Gasteiger partial charge in [0.15, 0.2) is 5.96 Å². The average Bonchev–Trinajstić information content (AvgIpc) is 3.12. The van der Waals surface area contributed by atoms with Crippen molar-refractivity contribution >= 4 is 46.9 Å². The van der Waals surface area contributed by atoms with E-state index in [2.05, 4.69) is 46.6 Å². The van der Waals surface area contributed by atoms with E-state index in [1.165, 1.54) is 22.0 Å². The minimum atomic E-state index is -0.229. The molecule has 0 bridgehead atoms. The third-order valence-corrected chi connectivity index (χ3v) is 5.30. The number of ether oxygens (including phenoxy) is 1. The number of carbonyl (C=O) groups is 1. The molecule has 1 aromatic carbocycles. The summed E-state index contributed by atoms with van der Waals surface area (Å²) in [5.41, 5.74) is 9.90.